The third-order valence-corrected chi connectivity index (χ3v) is 3.20. The van der Waals surface area contributed by atoms with Crippen LogP contribution in [0.3, 0.4) is 0 Å². The molecule has 0 bridgehead atoms. The SMILES string of the molecule is OCc1cc(-c2cc(Br)c3c(c2)OCCO3)no1. The largest absolute Gasteiger partial charge is 0.486 e. The van der Waals surface area contributed by atoms with E-state index in [-0.39, 0.29) is 6.61 Å². The molecule has 0 atom stereocenters. The Hall–Kier alpha value is -1.53. The monoisotopic (exact) mass is 311 g/mol. The van der Waals surface area contributed by atoms with Crippen LogP contribution in [-0.4, -0.2) is 23.5 Å². The number of hydrogen-bond donors (Lipinski definition) is 1. The highest BCUT2D eigenvalue weighted by Gasteiger charge is 2.18. The molecule has 1 aliphatic rings. The van der Waals surface area contributed by atoms with Gasteiger partial charge in [-0.15, -0.1) is 0 Å². The van der Waals surface area contributed by atoms with Crippen LogP contribution >= 0.6 is 15.9 Å². The van der Waals surface area contributed by atoms with Gasteiger partial charge in [0.1, 0.15) is 25.5 Å². The molecule has 2 aromatic rings. The molecule has 0 aliphatic carbocycles. The van der Waals surface area contributed by atoms with E-state index in [2.05, 4.69) is 21.1 Å². The van der Waals surface area contributed by atoms with E-state index < -0.39 is 0 Å². The summed E-state index contributed by atoms with van der Waals surface area (Å²) in [6.07, 6.45) is 0. The van der Waals surface area contributed by atoms with Gasteiger partial charge in [-0.25, -0.2) is 0 Å². The number of aromatic nitrogens is 1. The van der Waals surface area contributed by atoms with E-state index >= 15 is 0 Å². The topological polar surface area (TPSA) is 64.7 Å². The van der Waals surface area contributed by atoms with Crippen molar-refractivity contribution in [2.45, 2.75) is 6.61 Å². The fraction of sp³-hybridized carbons (Fsp3) is 0.250. The zero-order chi connectivity index (χ0) is 12.5. The second kappa shape index (κ2) is 4.62. The van der Waals surface area contributed by atoms with E-state index in [1.807, 2.05) is 12.1 Å². The van der Waals surface area contributed by atoms with Gasteiger partial charge >= 0.3 is 0 Å². The summed E-state index contributed by atoms with van der Waals surface area (Å²) in [6, 6.07) is 5.42. The number of nitrogens with zero attached hydrogens (tertiary/aromatic N) is 1. The molecule has 2 heterocycles. The Morgan fingerprint density at radius 2 is 2.06 bits per heavy atom. The highest BCUT2D eigenvalue weighted by Crippen LogP contribution is 2.41. The number of benzene rings is 1. The zero-order valence-electron chi connectivity index (χ0n) is 9.35. The molecule has 94 valence electrons. The average Bonchev–Trinajstić information content (AvgIpc) is 2.87. The van der Waals surface area contributed by atoms with Crippen molar-refractivity contribution in [3.05, 3.63) is 28.4 Å². The highest BCUT2D eigenvalue weighted by molar-refractivity contribution is 9.10. The summed E-state index contributed by atoms with van der Waals surface area (Å²) in [5, 5.41) is 12.9. The standard InChI is InChI=1S/C12H10BrNO4/c13-9-3-7(10-5-8(6-15)18-14-10)4-11-12(9)17-2-1-16-11/h3-5,15H,1-2,6H2. The van der Waals surface area contributed by atoms with Gasteiger partial charge in [0.15, 0.2) is 17.3 Å². The van der Waals surface area contributed by atoms with Crippen LogP contribution < -0.4 is 9.47 Å². The van der Waals surface area contributed by atoms with Gasteiger partial charge in [-0.1, -0.05) is 5.16 Å². The van der Waals surface area contributed by atoms with E-state index in [1.54, 1.807) is 6.07 Å². The molecule has 0 amide bonds. The lowest BCUT2D eigenvalue weighted by atomic mass is 10.1. The molecular formula is C12H10BrNO4. The third kappa shape index (κ3) is 1.97. The first-order valence-corrected chi connectivity index (χ1v) is 6.23. The van der Waals surface area contributed by atoms with Crippen molar-refractivity contribution in [3.63, 3.8) is 0 Å². The summed E-state index contributed by atoms with van der Waals surface area (Å²) in [6.45, 7) is 0.909. The summed E-state index contributed by atoms with van der Waals surface area (Å²) in [5.74, 6) is 1.81. The molecule has 0 fully saturated rings. The Balaban J connectivity index is 2.04. The lowest BCUT2D eigenvalue weighted by Crippen LogP contribution is -2.15. The minimum atomic E-state index is -0.168. The maximum atomic E-state index is 8.96. The van der Waals surface area contributed by atoms with Crippen molar-refractivity contribution in [3.8, 4) is 22.8 Å². The lowest BCUT2D eigenvalue weighted by molar-refractivity contribution is 0.170. The van der Waals surface area contributed by atoms with Crippen molar-refractivity contribution in [2.75, 3.05) is 13.2 Å². The van der Waals surface area contributed by atoms with Gasteiger partial charge in [0.05, 0.1) is 4.47 Å². The second-order valence-corrected chi connectivity index (χ2v) is 4.67. The van der Waals surface area contributed by atoms with Gasteiger partial charge in [-0.2, -0.15) is 0 Å². The van der Waals surface area contributed by atoms with E-state index in [4.69, 9.17) is 19.1 Å². The van der Waals surface area contributed by atoms with Crippen LogP contribution in [0.5, 0.6) is 11.5 Å². The summed E-state index contributed by atoms with van der Waals surface area (Å²) in [5.41, 5.74) is 1.49. The van der Waals surface area contributed by atoms with E-state index in [1.165, 1.54) is 0 Å². The molecular weight excluding hydrogens is 302 g/mol. The van der Waals surface area contributed by atoms with E-state index in [0.29, 0.717) is 36.2 Å². The first kappa shape index (κ1) is 11.6. The van der Waals surface area contributed by atoms with Crippen molar-refractivity contribution in [1.82, 2.24) is 5.16 Å². The molecule has 0 saturated heterocycles. The number of hydrogen-bond acceptors (Lipinski definition) is 5. The maximum Gasteiger partial charge on any atom is 0.175 e. The highest BCUT2D eigenvalue weighted by atomic mass is 79.9. The van der Waals surface area contributed by atoms with Crippen LogP contribution in [0.25, 0.3) is 11.3 Å². The third-order valence-electron chi connectivity index (χ3n) is 2.61. The van der Waals surface area contributed by atoms with Crippen LogP contribution in [-0.2, 0) is 6.61 Å². The number of rotatable bonds is 2. The first-order valence-electron chi connectivity index (χ1n) is 5.44. The number of fused-ring (bicyclic) bond motifs is 1. The molecule has 1 aromatic carbocycles. The minimum absolute atomic E-state index is 0.168. The average molecular weight is 312 g/mol. The minimum Gasteiger partial charge on any atom is -0.486 e. The molecule has 0 spiro atoms. The molecule has 5 nitrogen and oxygen atoms in total. The molecule has 0 unspecified atom stereocenters. The molecule has 0 saturated carbocycles. The van der Waals surface area contributed by atoms with Crippen LogP contribution in [0.4, 0.5) is 0 Å². The molecule has 1 N–H and O–H groups in total. The Morgan fingerprint density at radius 3 is 2.83 bits per heavy atom. The number of halogens is 1. The first-order chi connectivity index (χ1) is 8.78. The van der Waals surface area contributed by atoms with Gasteiger partial charge in [-0.05, 0) is 28.1 Å². The summed E-state index contributed by atoms with van der Waals surface area (Å²) < 4.78 is 16.8. The van der Waals surface area contributed by atoms with Crippen molar-refractivity contribution < 1.29 is 19.1 Å². The van der Waals surface area contributed by atoms with Crippen LogP contribution in [0, 0.1) is 0 Å². The smallest absolute Gasteiger partial charge is 0.175 e. The zero-order valence-corrected chi connectivity index (χ0v) is 10.9. The van der Waals surface area contributed by atoms with Crippen LogP contribution in [0.1, 0.15) is 5.76 Å². The Bertz CT molecular complexity index is 581. The predicted molar refractivity (Wildman–Crippen MR) is 66.6 cm³/mol. The molecule has 6 heteroatoms. The Morgan fingerprint density at radius 1 is 1.22 bits per heavy atom. The van der Waals surface area contributed by atoms with Gasteiger partial charge in [0, 0.05) is 11.6 Å². The van der Waals surface area contributed by atoms with Crippen molar-refractivity contribution >= 4 is 15.9 Å². The van der Waals surface area contributed by atoms with Crippen molar-refractivity contribution in [1.29, 1.82) is 0 Å². The maximum absolute atomic E-state index is 8.96. The van der Waals surface area contributed by atoms with Gasteiger partial charge in [0.2, 0.25) is 0 Å². The van der Waals surface area contributed by atoms with Gasteiger partial charge in [0.25, 0.3) is 0 Å². The van der Waals surface area contributed by atoms with Crippen LogP contribution in [0.15, 0.2) is 27.2 Å². The summed E-state index contributed by atoms with van der Waals surface area (Å²) >= 11 is 3.44. The van der Waals surface area contributed by atoms with E-state index in [9.17, 15) is 0 Å². The van der Waals surface area contributed by atoms with Crippen molar-refractivity contribution in [2.24, 2.45) is 0 Å². The second-order valence-electron chi connectivity index (χ2n) is 3.82. The Labute approximate surface area is 111 Å². The van der Waals surface area contributed by atoms with Gasteiger partial charge in [-0.3, -0.25) is 0 Å². The number of aliphatic hydroxyl groups is 1. The Kier molecular flexibility index (Phi) is 2.97. The fourth-order valence-electron chi connectivity index (χ4n) is 1.78. The number of aliphatic hydroxyl groups excluding tert-OH is 1. The fourth-order valence-corrected chi connectivity index (χ4v) is 2.34. The molecule has 0 radical (unpaired) electrons. The van der Waals surface area contributed by atoms with E-state index in [0.717, 1.165) is 10.0 Å². The molecule has 1 aliphatic heterocycles. The molecule has 3 rings (SSSR count). The predicted octanol–water partition coefficient (Wildman–Crippen LogP) is 2.37. The van der Waals surface area contributed by atoms with Crippen LogP contribution in [0.2, 0.25) is 0 Å². The molecule has 18 heavy (non-hydrogen) atoms. The summed E-state index contributed by atoms with van der Waals surface area (Å²) in [7, 11) is 0. The summed E-state index contributed by atoms with van der Waals surface area (Å²) in [4.78, 5) is 0. The lowest BCUT2D eigenvalue weighted by Gasteiger charge is -2.20. The molecule has 1 aromatic heterocycles. The number of ether oxygens (including phenoxy) is 2. The van der Waals surface area contributed by atoms with Gasteiger partial charge < -0.3 is 19.1 Å². The normalized spacial score (nSPS) is 13.7. The quantitative estimate of drug-likeness (QED) is 0.922.